The highest BCUT2D eigenvalue weighted by atomic mass is 16.7. The molecule has 0 radical (unpaired) electrons. The zero-order valence-corrected chi connectivity index (χ0v) is 12.4. The first-order valence-corrected chi connectivity index (χ1v) is 7.23. The van der Waals surface area contributed by atoms with Crippen molar-refractivity contribution in [2.24, 2.45) is 22.7 Å². The van der Waals surface area contributed by atoms with Crippen molar-refractivity contribution in [3.63, 3.8) is 0 Å². The van der Waals surface area contributed by atoms with Crippen LogP contribution in [-0.4, -0.2) is 33.4 Å². The van der Waals surface area contributed by atoms with Crippen molar-refractivity contribution < 1.29 is 24.5 Å². The van der Waals surface area contributed by atoms with Crippen LogP contribution in [0.2, 0.25) is 0 Å². The minimum Gasteiger partial charge on any atom is -0.425 e. The Morgan fingerprint density at radius 3 is 2.35 bits per heavy atom. The molecule has 0 bridgehead atoms. The molecule has 2 saturated carbocycles. The van der Waals surface area contributed by atoms with Crippen LogP contribution in [0.15, 0.2) is 0 Å². The summed E-state index contributed by atoms with van der Waals surface area (Å²) in [5.74, 6) is -3.62. The lowest BCUT2D eigenvalue weighted by molar-refractivity contribution is -0.282. The molecule has 2 N–H and O–H groups in total. The van der Waals surface area contributed by atoms with E-state index < -0.39 is 34.0 Å². The van der Waals surface area contributed by atoms with E-state index in [1.807, 2.05) is 20.8 Å². The second-order valence-corrected chi connectivity index (χ2v) is 7.49. The molecular weight excluding hydrogens is 260 g/mol. The number of ketones is 1. The molecule has 0 aromatic heterocycles. The maximum atomic E-state index is 12.7. The number of Topliss-reactive ketones (excluding diaryl/α,β-unsaturated/α-hetero) is 1. The molecule has 1 spiro atoms. The topological polar surface area (TPSA) is 83.8 Å². The molecule has 1 aliphatic heterocycles. The number of hydrogen-bond donors (Lipinski definition) is 2. The highest BCUT2D eigenvalue weighted by Gasteiger charge is 2.80. The zero-order valence-electron chi connectivity index (χ0n) is 12.4. The van der Waals surface area contributed by atoms with Gasteiger partial charge >= 0.3 is 5.97 Å². The van der Waals surface area contributed by atoms with Crippen LogP contribution in [0, 0.1) is 22.7 Å². The maximum Gasteiger partial charge on any atom is 0.309 e. The van der Waals surface area contributed by atoms with Crippen LogP contribution < -0.4 is 0 Å². The lowest BCUT2D eigenvalue weighted by Gasteiger charge is -2.58. The van der Waals surface area contributed by atoms with Gasteiger partial charge in [-0.2, -0.15) is 0 Å². The first-order chi connectivity index (χ1) is 9.02. The predicted molar refractivity (Wildman–Crippen MR) is 69.4 cm³/mol. The molecule has 1 heterocycles. The molecule has 3 aliphatic rings. The zero-order chi connectivity index (χ0) is 15.1. The van der Waals surface area contributed by atoms with E-state index in [-0.39, 0.29) is 18.3 Å². The van der Waals surface area contributed by atoms with E-state index in [9.17, 15) is 19.8 Å². The first kappa shape index (κ1) is 14.0. The van der Waals surface area contributed by atoms with Gasteiger partial charge in [-0.05, 0) is 31.6 Å². The summed E-state index contributed by atoms with van der Waals surface area (Å²) in [5.41, 5.74) is -3.33. The van der Waals surface area contributed by atoms with Crippen molar-refractivity contribution in [3.8, 4) is 0 Å². The monoisotopic (exact) mass is 282 g/mol. The van der Waals surface area contributed by atoms with Gasteiger partial charge in [-0.25, -0.2) is 0 Å². The van der Waals surface area contributed by atoms with Gasteiger partial charge in [0.05, 0.1) is 11.8 Å². The van der Waals surface area contributed by atoms with Crippen molar-refractivity contribution in [3.05, 3.63) is 0 Å². The number of esters is 1. The summed E-state index contributed by atoms with van der Waals surface area (Å²) in [7, 11) is 0. The van der Waals surface area contributed by atoms with E-state index in [1.165, 1.54) is 6.92 Å². The number of rotatable bonds is 0. The molecule has 0 unspecified atom stereocenters. The van der Waals surface area contributed by atoms with Gasteiger partial charge in [-0.1, -0.05) is 20.8 Å². The third-order valence-corrected chi connectivity index (χ3v) is 6.59. The number of hydrogen-bond acceptors (Lipinski definition) is 5. The minimum absolute atomic E-state index is 0.00303. The predicted octanol–water partition coefficient (Wildman–Crippen LogP) is 1.01. The molecular formula is C15H22O5. The van der Waals surface area contributed by atoms with Crippen LogP contribution in [0.3, 0.4) is 0 Å². The van der Waals surface area contributed by atoms with Crippen LogP contribution in [-0.2, 0) is 14.3 Å². The van der Waals surface area contributed by atoms with Crippen LogP contribution in [0.25, 0.3) is 0 Å². The lowest BCUT2D eigenvalue weighted by Crippen LogP contribution is -2.73. The number of ether oxygens (including phenoxy) is 1. The van der Waals surface area contributed by atoms with Crippen LogP contribution >= 0.6 is 0 Å². The molecule has 5 nitrogen and oxygen atoms in total. The number of aliphatic hydroxyl groups is 2. The Balaban J connectivity index is 2.28. The van der Waals surface area contributed by atoms with E-state index in [0.29, 0.717) is 0 Å². The molecule has 5 atom stereocenters. The van der Waals surface area contributed by atoms with Crippen LogP contribution in [0.1, 0.15) is 47.0 Å². The Hall–Kier alpha value is -0.940. The average molecular weight is 282 g/mol. The average Bonchev–Trinajstić information content (AvgIpc) is 2.79. The van der Waals surface area contributed by atoms with E-state index in [0.717, 1.165) is 12.8 Å². The number of carbonyl (C=O) groups excluding carboxylic acids is 2. The lowest BCUT2D eigenvalue weighted by atomic mass is 9.47. The van der Waals surface area contributed by atoms with E-state index >= 15 is 0 Å². The molecule has 0 amide bonds. The van der Waals surface area contributed by atoms with Gasteiger partial charge in [0.15, 0.2) is 0 Å². The molecule has 0 aromatic rings. The van der Waals surface area contributed by atoms with E-state index in [1.54, 1.807) is 0 Å². The molecule has 20 heavy (non-hydrogen) atoms. The van der Waals surface area contributed by atoms with Crippen molar-refractivity contribution in [2.45, 2.75) is 58.3 Å². The summed E-state index contributed by atoms with van der Waals surface area (Å²) < 4.78 is 5.08. The fraction of sp³-hybridized carbons (Fsp3) is 0.867. The summed E-state index contributed by atoms with van der Waals surface area (Å²) >= 11 is 0. The summed E-state index contributed by atoms with van der Waals surface area (Å²) in [4.78, 5) is 24.6. The maximum absolute atomic E-state index is 12.7. The summed E-state index contributed by atoms with van der Waals surface area (Å²) in [6.07, 6.45) is 1.65. The molecule has 3 rings (SSSR count). The third-order valence-electron chi connectivity index (χ3n) is 6.59. The fourth-order valence-electron chi connectivity index (χ4n) is 5.02. The highest BCUT2D eigenvalue weighted by Crippen LogP contribution is 2.70. The van der Waals surface area contributed by atoms with E-state index in [4.69, 9.17) is 4.74 Å². The minimum atomic E-state index is -2.18. The van der Waals surface area contributed by atoms with Gasteiger partial charge in [0, 0.05) is 5.41 Å². The van der Waals surface area contributed by atoms with Gasteiger partial charge in [-0.15, -0.1) is 0 Å². The first-order valence-electron chi connectivity index (χ1n) is 7.23. The second-order valence-electron chi connectivity index (χ2n) is 7.49. The molecule has 2 aliphatic carbocycles. The van der Waals surface area contributed by atoms with Crippen LogP contribution in [0.4, 0.5) is 0 Å². The normalized spacial score (nSPS) is 53.5. The quantitative estimate of drug-likeness (QED) is 0.648. The van der Waals surface area contributed by atoms with E-state index in [2.05, 4.69) is 0 Å². The Labute approximate surface area is 118 Å². The molecule has 0 aromatic carbocycles. The largest absolute Gasteiger partial charge is 0.425 e. The molecule has 1 saturated heterocycles. The second kappa shape index (κ2) is 3.45. The number of carbonyl (C=O) groups is 2. The van der Waals surface area contributed by atoms with Gasteiger partial charge in [0.25, 0.3) is 5.79 Å². The summed E-state index contributed by atoms with van der Waals surface area (Å²) in [6, 6.07) is 0. The standard InChI is InChI=1S/C15H22O5/c1-8-5-6-9-12(2,3)13(4,18)11(17)15(19)14(8,9)7-10(16)20-15/h8-9,18-19H,5-7H2,1-4H3/t8-,9+,13+,14+,15+/m1/s1. The van der Waals surface area contributed by atoms with Crippen molar-refractivity contribution in [1.82, 2.24) is 0 Å². The molecule has 5 heteroatoms. The van der Waals surface area contributed by atoms with Gasteiger partial charge in [-0.3, -0.25) is 9.59 Å². The van der Waals surface area contributed by atoms with Crippen molar-refractivity contribution in [1.29, 1.82) is 0 Å². The third kappa shape index (κ3) is 1.14. The molecule has 3 fully saturated rings. The van der Waals surface area contributed by atoms with Crippen molar-refractivity contribution in [2.75, 3.05) is 0 Å². The van der Waals surface area contributed by atoms with Gasteiger partial charge in [0.1, 0.15) is 5.60 Å². The van der Waals surface area contributed by atoms with Crippen molar-refractivity contribution >= 4 is 11.8 Å². The molecule has 112 valence electrons. The Kier molecular flexibility index (Phi) is 2.41. The van der Waals surface area contributed by atoms with Gasteiger partial charge < -0.3 is 14.9 Å². The highest BCUT2D eigenvalue weighted by molar-refractivity contribution is 5.99. The van der Waals surface area contributed by atoms with Crippen LogP contribution in [0.5, 0.6) is 0 Å². The van der Waals surface area contributed by atoms with Gasteiger partial charge in [0.2, 0.25) is 5.78 Å². The smallest absolute Gasteiger partial charge is 0.309 e. The summed E-state index contributed by atoms with van der Waals surface area (Å²) in [6.45, 7) is 7.07. The SMILES string of the molecule is C[C@@H]1CC[C@H]2C(C)(C)[C@@](C)(O)C(=O)[C@]3(O)OC(=O)C[C@]123. The summed E-state index contributed by atoms with van der Waals surface area (Å²) in [5, 5.41) is 21.6. The fourth-order valence-corrected chi connectivity index (χ4v) is 5.02. The Morgan fingerprint density at radius 2 is 1.75 bits per heavy atom. The Bertz CT molecular complexity index is 508. The Morgan fingerprint density at radius 1 is 1.15 bits per heavy atom.